The number of para-hydroxylation sites is 2. The summed E-state index contributed by atoms with van der Waals surface area (Å²) in [6.07, 6.45) is 0. The Balaban J connectivity index is 1.61. The smallest absolute Gasteiger partial charge is 0.265 e. The number of hydrogen-bond donors (Lipinski definition) is 0. The summed E-state index contributed by atoms with van der Waals surface area (Å²) in [4.78, 5) is 18.3. The number of aromatic nitrogens is 2. The molecule has 0 saturated heterocycles. The summed E-state index contributed by atoms with van der Waals surface area (Å²) >= 11 is 0. The summed E-state index contributed by atoms with van der Waals surface area (Å²) in [6.45, 7) is 4.35. The Morgan fingerprint density at radius 3 is 2.80 bits per heavy atom. The van der Waals surface area contributed by atoms with E-state index in [1.807, 2.05) is 49.4 Å². The van der Waals surface area contributed by atoms with Gasteiger partial charge in [0.05, 0.1) is 12.2 Å². The van der Waals surface area contributed by atoms with Crippen LogP contribution in [0.2, 0.25) is 0 Å². The first kappa shape index (κ1) is 15.4. The van der Waals surface area contributed by atoms with E-state index in [2.05, 4.69) is 17.1 Å². The van der Waals surface area contributed by atoms with Crippen LogP contribution in [0.15, 0.2) is 47.0 Å². The number of rotatable bonds is 3. The molecule has 0 saturated carbocycles. The monoisotopic (exact) mass is 335 g/mol. The van der Waals surface area contributed by atoms with Crippen molar-refractivity contribution >= 4 is 11.6 Å². The first-order chi connectivity index (χ1) is 12.1. The molecule has 2 heterocycles. The summed E-state index contributed by atoms with van der Waals surface area (Å²) in [5.41, 5.74) is 3.96. The molecule has 1 aliphatic rings. The molecule has 0 aliphatic carbocycles. The van der Waals surface area contributed by atoms with E-state index in [0.29, 0.717) is 17.5 Å². The van der Waals surface area contributed by atoms with Gasteiger partial charge in [-0.2, -0.15) is 4.98 Å². The van der Waals surface area contributed by atoms with Gasteiger partial charge in [-0.15, -0.1) is 0 Å². The molecule has 0 atom stereocenters. The SMILES string of the molecule is Cc1ccc(-c2nc(CN3C(=O)COc4ccccc43)no2)cc1C. The maximum Gasteiger partial charge on any atom is 0.265 e. The van der Waals surface area contributed by atoms with Crippen LogP contribution in [0.4, 0.5) is 5.69 Å². The summed E-state index contributed by atoms with van der Waals surface area (Å²) < 4.78 is 10.8. The highest BCUT2D eigenvalue weighted by atomic mass is 16.5. The van der Waals surface area contributed by atoms with E-state index < -0.39 is 0 Å². The number of benzene rings is 2. The van der Waals surface area contributed by atoms with Crippen LogP contribution in [-0.2, 0) is 11.3 Å². The van der Waals surface area contributed by atoms with E-state index in [9.17, 15) is 4.79 Å². The van der Waals surface area contributed by atoms with E-state index in [1.165, 1.54) is 5.56 Å². The predicted octanol–water partition coefficient (Wildman–Crippen LogP) is 3.28. The summed E-state index contributed by atoms with van der Waals surface area (Å²) in [7, 11) is 0. The van der Waals surface area contributed by atoms with Gasteiger partial charge in [0.1, 0.15) is 5.75 Å². The average Bonchev–Trinajstić information content (AvgIpc) is 3.08. The predicted molar refractivity (Wildman–Crippen MR) is 92.3 cm³/mol. The molecule has 126 valence electrons. The minimum absolute atomic E-state index is 0.0128. The van der Waals surface area contributed by atoms with Crippen LogP contribution in [0.5, 0.6) is 5.75 Å². The zero-order valence-electron chi connectivity index (χ0n) is 14.0. The van der Waals surface area contributed by atoms with E-state index in [4.69, 9.17) is 9.26 Å². The molecular formula is C19H17N3O3. The molecule has 1 aliphatic heterocycles. The lowest BCUT2D eigenvalue weighted by molar-refractivity contribution is -0.121. The van der Waals surface area contributed by atoms with Gasteiger partial charge >= 0.3 is 0 Å². The molecule has 0 radical (unpaired) electrons. The van der Waals surface area contributed by atoms with Gasteiger partial charge in [-0.1, -0.05) is 23.4 Å². The van der Waals surface area contributed by atoms with Crippen LogP contribution in [0.25, 0.3) is 11.5 Å². The van der Waals surface area contributed by atoms with Crippen molar-refractivity contribution in [3.63, 3.8) is 0 Å². The molecule has 6 heteroatoms. The number of nitrogens with zero attached hydrogens (tertiary/aromatic N) is 3. The summed E-state index contributed by atoms with van der Waals surface area (Å²) in [5.74, 6) is 1.46. The fraction of sp³-hybridized carbons (Fsp3) is 0.211. The van der Waals surface area contributed by atoms with E-state index in [-0.39, 0.29) is 19.1 Å². The third kappa shape index (κ3) is 2.87. The summed E-state index contributed by atoms with van der Waals surface area (Å²) in [6, 6.07) is 13.4. The van der Waals surface area contributed by atoms with Crippen molar-refractivity contribution in [3.8, 4) is 17.2 Å². The fourth-order valence-electron chi connectivity index (χ4n) is 2.78. The number of hydrogen-bond acceptors (Lipinski definition) is 5. The van der Waals surface area contributed by atoms with Crippen LogP contribution >= 0.6 is 0 Å². The van der Waals surface area contributed by atoms with Gasteiger partial charge in [-0.25, -0.2) is 0 Å². The Hall–Kier alpha value is -3.15. The third-order valence-electron chi connectivity index (χ3n) is 4.33. The second-order valence-corrected chi connectivity index (χ2v) is 6.05. The van der Waals surface area contributed by atoms with Crippen LogP contribution in [-0.4, -0.2) is 22.7 Å². The summed E-state index contributed by atoms with van der Waals surface area (Å²) in [5, 5.41) is 4.03. The van der Waals surface area contributed by atoms with Gasteiger partial charge in [0.25, 0.3) is 11.8 Å². The van der Waals surface area contributed by atoms with Gasteiger partial charge < -0.3 is 9.26 Å². The highest BCUT2D eigenvalue weighted by Crippen LogP contribution is 2.32. The molecular weight excluding hydrogens is 318 g/mol. The first-order valence-electron chi connectivity index (χ1n) is 8.04. The highest BCUT2D eigenvalue weighted by molar-refractivity contribution is 5.97. The quantitative estimate of drug-likeness (QED) is 0.735. The van der Waals surface area contributed by atoms with Crippen molar-refractivity contribution < 1.29 is 14.1 Å². The van der Waals surface area contributed by atoms with Crippen molar-refractivity contribution in [2.45, 2.75) is 20.4 Å². The fourth-order valence-corrected chi connectivity index (χ4v) is 2.78. The highest BCUT2D eigenvalue weighted by Gasteiger charge is 2.26. The molecule has 0 N–H and O–H groups in total. The Kier molecular flexibility index (Phi) is 3.72. The van der Waals surface area contributed by atoms with E-state index in [0.717, 1.165) is 16.8 Å². The Labute approximate surface area is 145 Å². The second-order valence-electron chi connectivity index (χ2n) is 6.05. The zero-order valence-corrected chi connectivity index (χ0v) is 14.0. The molecule has 25 heavy (non-hydrogen) atoms. The van der Waals surface area contributed by atoms with Crippen molar-refractivity contribution in [3.05, 3.63) is 59.4 Å². The van der Waals surface area contributed by atoms with Crippen molar-refractivity contribution in [2.24, 2.45) is 0 Å². The maximum absolute atomic E-state index is 12.2. The lowest BCUT2D eigenvalue weighted by Gasteiger charge is -2.28. The normalized spacial score (nSPS) is 13.5. The van der Waals surface area contributed by atoms with Gasteiger partial charge in [-0.05, 0) is 49.2 Å². The number of anilines is 1. The van der Waals surface area contributed by atoms with Crippen LogP contribution in [0.3, 0.4) is 0 Å². The van der Waals surface area contributed by atoms with E-state index in [1.54, 1.807) is 4.90 Å². The third-order valence-corrected chi connectivity index (χ3v) is 4.33. The number of amides is 1. The number of carbonyl (C=O) groups is 1. The molecule has 2 aromatic carbocycles. The second kappa shape index (κ2) is 6.05. The standard InChI is InChI=1S/C19H17N3O3/c1-12-7-8-14(9-13(12)2)19-20-17(21-25-19)10-22-15-5-3-4-6-16(15)24-11-18(22)23/h3-9H,10-11H2,1-2H3. The van der Waals surface area contributed by atoms with Gasteiger partial charge in [-0.3, -0.25) is 9.69 Å². The average molecular weight is 335 g/mol. The van der Waals surface area contributed by atoms with Crippen molar-refractivity contribution in [1.82, 2.24) is 10.1 Å². The van der Waals surface area contributed by atoms with Crippen LogP contribution < -0.4 is 9.64 Å². The lowest BCUT2D eigenvalue weighted by atomic mass is 10.1. The van der Waals surface area contributed by atoms with Crippen LogP contribution in [0, 0.1) is 13.8 Å². The van der Waals surface area contributed by atoms with Gasteiger partial charge in [0.2, 0.25) is 0 Å². The maximum atomic E-state index is 12.2. The molecule has 0 fully saturated rings. The largest absolute Gasteiger partial charge is 0.482 e. The van der Waals surface area contributed by atoms with Crippen LogP contribution in [0.1, 0.15) is 17.0 Å². The molecule has 0 bridgehead atoms. The van der Waals surface area contributed by atoms with Gasteiger partial charge in [0, 0.05) is 5.56 Å². The molecule has 4 rings (SSSR count). The molecule has 0 unspecified atom stereocenters. The molecule has 3 aromatic rings. The molecule has 1 aromatic heterocycles. The number of ether oxygens (including phenoxy) is 1. The molecule has 1 amide bonds. The Morgan fingerprint density at radius 2 is 1.96 bits per heavy atom. The topological polar surface area (TPSA) is 68.5 Å². The first-order valence-corrected chi connectivity index (χ1v) is 8.04. The van der Waals surface area contributed by atoms with E-state index >= 15 is 0 Å². The molecule has 0 spiro atoms. The Morgan fingerprint density at radius 1 is 1.12 bits per heavy atom. The van der Waals surface area contributed by atoms with Gasteiger partial charge in [0.15, 0.2) is 12.4 Å². The lowest BCUT2D eigenvalue weighted by Crippen LogP contribution is -2.38. The minimum Gasteiger partial charge on any atom is -0.482 e. The number of fused-ring (bicyclic) bond motifs is 1. The van der Waals surface area contributed by atoms with Crippen molar-refractivity contribution in [2.75, 3.05) is 11.5 Å². The Bertz CT molecular complexity index is 949. The number of aryl methyl sites for hydroxylation is 2. The van der Waals surface area contributed by atoms with Crippen molar-refractivity contribution in [1.29, 1.82) is 0 Å². The zero-order chi connectivity index (χ0) is 17.4. The molecule has 6 nitrogen and oxygen atoms in total. The number of carbonyl (C=O) groups excluding carboxylic acids is 1. The minimum atomic E-state index is -0.128.